The van der Waals surface area contributed by atoms with E-state index in [1.54, 1.807) is 4.90 Å². The van der Waals surface area contributed by atoms with Crippen LogP contribution in [-0.4, -0.2) is 36.0 Å². The molecule has 1 amide bonds. The molecule has 0 saturated carbocycles. The van der Waals surface area contributed by atoms with E-state index in [-0.39, 0.29) is 11.9 Å². The van der Waals surface area contributed by atoms with Crippen LogP contribution in [0.5, 0.6) is 0 Å². The molecule has 1 aromatic rings. The van der Waals surface area contributed by atoms with E-state index in [2.05, 4.69) is 6.92 Å². The number of amides is 1. The van der Waals surface area contributed by atoms with E-state index in [0.717, 1.165) is 31.2 Å². The number of likely N-dealkylation sites (tertiary alicyclic amines) is 1. The third-order valence-electron chi connectivity index (χ3n) is 4.54. The third kappa shape index (κ3) is 5.66. The first-order valence-electron chi connectivity index (χ1n) is 9.22. The van der Waals surface area contributed by atoms with Crippen LogP contribution in [0.15, 0.2) is 30.3 Å². The van der Waals surface area contributed by atoms with Crippen LogP contribution < -0.4 is 0 Å². The topological polar surface area (TPSA) is 46.6 Å². The molecule has 0 aromatic heterocycles. The Kier molecular flexibility index (Phi) is 7.80. The Balaban J connectivity index is 1.77. The Morgan fingerprint density at radius 2 is 1.88 bits per heavy atom. The van der Waals surface area contributed by atoms with Crippen LogP contribution in [-0.2, 0) is 20.7 Å². The molecule has 0 aliphatic carbocycles. The maximum Gasteiger partial charge on any atom is 0.328 e. The van der Waals surface area contributed by atoms with Gasteiger partial charge in [0, 0.05) is 6.54 Å². The van der Waals surface area contributed by atoms with Gasteiger partial charge < -0.3 is 9.64 Å². The second-order valence-corrected chi connectivity index (χ2v) is 6.49. The number of carbonyl (C=O) groups is 2. The summed E-state index contributed by atoms with van der Waals surface area (Å²) in [6.07, 6.45) is 7.59. The fourth-order valence-corrected chi connectivity index (χ4v) is 3.16. The van der Waals surface area contributed by atoms with Gasteiger partial charge in [0.25, 0.3) is 0 Å². The van der Waals surface area contributed by atoms with Crippen molar-refractivity contribution in [1.82, 2.24) is 4.90 Å². The van der Waals surface area contributed by atoms with Gasteiger partial charge in [0.2, 0.25) is 5.91 Å². The summed E-state index contributed by atoms with van der Waals surface area (Å²) in [7, 11) is 0. The van der Waals surface area contributed by atoms with Gasteiger partial charge in [-0.15, -0.1) is 0 Å². The third-order valence-corrected chi connectivity index (χ3v) is 4.54. The van der Waals surface area contributed by atoms with Gasteiger partial charge in [0.15, 0.2) is 0 Å². The molecule has 0 bridgehead atoms. The lowest BCUT2D eigenvalue weighted by Crippen LogP contribution is -2.42. The van der Waals surface area contributed by atoms with Crippen molar-refractivity contribution in [2.75, 3.05) is 13.2 Å². The molecule has 1 unspecified atom stereocenters. The maximum atomic E-state index is 12.5. The Morgan fingerprint density at radius 3 is 2.62 bits per heavy atom. The molecule has 0 radical (unpaired) electrons. The lowest BCUT2D eigenvalue weighted by Gasteiger charge is -2.23. The monoisotopic (exact) mass is 331 g/mol. The molecule has 1 fully saturated rings. The van der Waals surface area contributed by atoms with E-state index >= 15 is 0 Å². The number of unbranched alkanes of at least 4 members (excludes halogenated alkanes) is 4. The first kappa shape index (κ1) is 18.5. The van der Waals surface area contributed by atoms with Crippen molar-refractivity contribution in [2.24, 2.45) is 0 Å². The minimum Gasteiger partial charge on any atom is -0.464 e. The molecular weight excluding hydrogens is 302 g/mol. The standard InChI is InChI=1S/C20H29NO3/c1-2-3-4-5-9-15-24-20(23)18-13-10-14-21(18)19(22)16-17-11-7-6-8-12-17/h6-8,11-12,18H,2-5,9-10,13-16H2,1H3. The first-order valence-corrected chi connectivity index (χ1v) is 9.22. The minimum absolute atomic E-state index is 0.0172. The van der Waals surface area contributed by atoms with Gasteiger partial charge in [0.1, 0.15) is 6.04 Å². The van der Waals surface area contributed by atoms with E-state index in [1.807, 2.05) is 30.3 Å². The average molecular weight is 331 g/mol. The highest BCUT2D eigenvalue weighted by Crippen LogP contribution is 2.20. The van der Waals surface area contributed by atoms with Gasteiger partial charge >= 0.3 is 5.97 Å². The highest BCUT2D eigenvalue weighted by molar-refractivity contribution is 5.86. The summed E-state index contributed by atoms with van der Waals surface area (Å²) in [5, 5.41) is 0. The number of hydrogen-bond acceptors (Lipinski definition) is 3. The second kappa shape index (κ2) is 10.1. The van der Waals surface area contributed by atoms with Crippen LogP contribution in [0.2, 0.25) is 0 Å². The Labute approximate surface area is 145 Å². The van der Waals surface area contributed by atoms with Gasteiger partial charge in [-0.05, 0) is 24.8 Å². The number of ether oxygens (including phenoxy) is 1. The van der Waals surface area contributed by atoms with Crippen LogP contribution in [0.3, 0.4) is 0 Å². The summed E-state index contributed by atoms with van der Waals surface area (Å²) in [6.45, 7) is 3.31. The highest BCUT2D eigenvalue weighted by atomic mass is 16.5. The predicted octanol–water partition coefficient (Wildman–Crippen LogP) is 3.73. The summed E-state index contributed by atoms with van der Waals surface area (Å²) >= 11 is 0. The number of rotatable bonds is 9. The van der Waals surface area contributed by atoms with Crippen molar-refractivity contribution in [2.45, 2.75) is 64.3 Å². The smallest absolute Gasteiger partial charge is 0.328 e. The summed E-state index contributed by atoms with van der Waals surface area (Å²) in [5.74, 6) is -0.215. The van der Waals surface area contributed by atoms with Crippen molar-refractivity contribution in [1.29, 1.82) is 0 Å². The van der Waals surface area contributed by atoms with Crippen LogP contribution in [0, 0.1) is 0 Å². The Bertz CT molecular complexity index is 515. The number of esters is 1. The van der Waals surface area contributed by atoms with E-state index in [9.17, 15) is 9.59 Å². The lowest BCUT2D eigenvalue weighted by atomic mass is 10.1. The van der Waals surface area contributed by atoms with Gasteiger partial charge in [0.05, 0.1) is 13.0 Å². The fourth-order valence-electron chi connectivity index (χ4n) is 3.16. The van der Waals surface area contributed by atoms with Crippen LogP contribution in [0.1, 0.15) is 57.4 Å². The SMILES string of the molecule is CCCCCCCOC(=O)C1CCCN1C(=O)Cc1ccccc1. The summed E-state index contributed by atoms with van der Waals surface area (Å²) < 4.78 is 5.40. The van der Waals surface area contributed by atoms with E-state index in [0.29, 0.717) is 19.6 Å². The molecular formula is C20H29NO3. The predicted molar refractivity (Wildman–Crippen MR) is 94.6 cm³/mol. The normalized spacial score (nSPS) is 17.0. The Hall–Kier alpha value is -1.84. The number of carbonyl (C=O) groups excluding carboxylic acids is 2. The van der Waals surface area contributed by atoms with Gasteiger partial charge in [-0.25, -0.2) is 4.79 Å². The van der Waals surface area contributed by atoms with Crippen molar-refractivity contribution >= 4 is 11.9 Å². The number of nitrogens with zero attached hydrogens (tertiary/aromatic N) is 1. The van der Waals surface area contributed by atoms with E-state index in [1.165, 1.54) is 19.3 Å². The van der Waals surface area contributed by atoms with Crippen molar-refractivity contribution in [3.05, 3.63) is 35.9 Å². The quantitative estimate of drug-likeness (QED) is 0.511. The average Bonchev–Trinajstić information content (AvgIpc) is 3.08. The lowest BCUT2D eigenvalue weighted by molar-refractivity contribution is -0.153. The highest BCUT2D eigenvalue weighted by Gasteiger charge is 2.34. The molecule has 4 heteroatoms. The summed E-state index contributed by atoms with van der Waals surface area (Å²) in [5.41, 5.74) is 0.984. The molecule has 132 valence electrons. The zero-order valence-corrected chi connectivity index (χ0v) is 14.7. The van der Waals surface area contributed by atoms with Crippen LogP contribution in [0.4, 0.5) is 0 Å². The van der Waals surface area contributed by atoms with Gasteiger partial charge in [-0.1, -0.05) is 62.9 Å². The van der Waals surface area contributed by atoms with Gasteiger partial charge in [-0.2, -0.15) is 0 Å². The molecule has 0 N–H and O–H groups in total. The van der Waals surface area contributed by atoms with Crippen molar-refractivity contribution < 1.29 is 14.3 Å². The summed E-state index contributed by atoms with van der Waals surface area (Å²) in [6, 6.07) is 9.28. The number of benzene rings is 1. The van der Waals surface area contributed by atoms with Gasteiger partial charge in [-0.3, -0.25) is 4.79 Å². The molecule has 2 rings (SSSR count). The largest absolute Gasteiger partial charge is 0.464 e. The molecule has 4 nitrogen and oxygen atoms in total. The molecule has 1 saturated heterocycles. The fraction of sp³-hybridized carbons (Fsp3) is 0.600. The maximum absolute atomic E-state index is 12.5. The van der Waals surface area contributed by atoms with Crippen LogP contribution in [0.25, 0.3) is 0 Å². The van der Waals surface area contributed by atoms with Crippen molar-refractivity contribution in [3.8, 4) is 0 Å². The first-order chi connectivity index (χ1) is 11.7. The molecule has 1 heterocycles. The molecule has 1 atom stereocenters. The summed E-state index contributed by atoms with van der Waals surface area (Å²) in [4.78, 5) is 26.5. The molecule has 1 aromatic carbocycles. The number of hydrogen-bond donors (Lipinski definition) is 0. The van der Waals surface area contributed by atoms with E-state index < -0.39 is 6.04 Å². The molecule has 1 aliphatic rings. The second-order valence-electron chi connectivity index (χ2n) is 6.49. The molecule has 24 heavy (non-hydrogen) atoms. The zero-order valence-electron chi connectivity index (χ0n) is 14.7. The molecule has 1 aliphatic heterocycles. The minimum atomic E-state index is -0.392. The Morgan fingerprint density at radius 1 is 1.12 bits per heavy atom. The van der Waals surface area contributed by atoms with E-state index in [4.69, 9.17) is 4.74 Å². The molecule has 0 spiro atoms. The van der Waals surface area contributed by atoms with Crippen molar-refractivity contribution in [3.63, 3.8) is 0 Å². The van der Waals surface area contributed by atoms with Crippen LogP contribution >= 0.6 is 0 Å². The zero-order chi connectivity index (χ0) is 17.2.